The van der Waals surface area contributed by atoms with Gasteiger partial charge in [-0.15, -0.1) is 0 Å². The minimum atomic E-state index is -0.443. The molecule has 1 saturated carbocycles. The summed E-state index contributed by atoms with van der Waals surface area (Å²) in [7, 11) is 1.41. The van der Waals surface area contributed by atoms with Gasteiger partial charge in [-0.05, 0) is 49.9 Å². The van der Waals surface area contributed by atoms with Gasteiger partial charge in [0, 0.05) is 5.92 Å². The summed E-state index contributed by atoms with van der Waals surface area (Å²) in [5, 5.41) is 0. The maximum absolute atomic E-state index is 11.6. The van der Waals surface area contributed by atoms with Crippen molar-refractivity contribution in [1.82, 2.24) is 0 Å². The molecule has 1 unspecified atom stereocenters. The van der Waals surface area contributed by atoms with Gasteiger partial charge in [0.05, 0.1) is 7.11 Å². The van der Waals surface area contributed by atoms with Gasteiger partial charge < -0.3 is 9.47 Å². The molecule has 0 bridgehead atoms. The summed E-state index contributed by atoms with van der Waals surface area (Å²) in [4.78, 5) is 11.6. The van der Waals surface area contributed by atoms with Crippen molar-refractivity contribution in [3.8, 4) is 5.75 Å². The maximum Gasteiger partial charge on any atom is 0.347 e. The lowest BCUT2D eigenvalue weighted by molar-refractivity contribution is -0.149. The quantitative estimate of drug-likeness (QED) is 0.751. The van der Waals surface area contributed by atoms with E-state index in [0.717, 1.165) is 29.7 Å². The molecule has 0 aliphatic heterocycles. The summed E-state index contributed by atoms with van der Waals surface area (Å²) in [6, 6.07) is 5.98. The van der Waals surface area contributed by atoms with Gasteiger partial charge in [-0.1, -0.05) is 6.07 Å². The zero-order valence-corrected chi connectivity index (χ0v) is 10.5. The largest absolute Gasteiger partial charge is 0.478 e. The lowest BCUT2D eigenvalue weighted by Crippen LogP contribution is -2.30. The fraction of sp³-hybridized carbons (Fsp3) is 0.500. The first-order chi connectivity index (χ1) is 8.10. The van der Waals surface area contributed by atoms with Crippen LogP contribution >= 0.6 is 0 Å². The first kappa shape index (κ1) is 12.0. The van der Waals surface area contributed by atoms with E-state index in [1.807, 2.05) is 26.0 Å². The molecule has 1 fully saturated rings. The molecular weight excluding hydrogens is 216 g/mol. The first-order valence-corrected chi connectivity index (χ1v) is 5.93. The Bertz CT molecular complexity index is 401. The summed E-state index contributed by atoms with van der Waals surface area (Å²) >= 11 is 0. The molecule has 1 atom stereocenters. The molecule has 1 aliphatic carbocycles. The van der Waals surface area contributed by atoms with Crippen LogP contribution in [-0.4, -0.2) is 19.2 Å². The van der Waals surface area contributed by atoms with Gasteiger partial charge in [-0.2, -0.15) is 0 Å². The van der Waals surface area contributed by atoms with Crippen LogP contribution in [0.5, 0.6) is 5.75 Å². The third-order valence-electron chi connectivity index (χ3n) is 2.94. The monoisotopic (exact) mass is 234 g/mol. The predicted molar refractivity (Wildman–Crippen MR) is 65.1 cm³/mol. The van der Waals surface area contributed by atoms with E-state index < -0.39 is 6.10 Å². The zero-order chi connectivity index (χ0) is 12.4. The Hall–Kier alpha value is -1.51. The minimum absolute atomic E-state index is 0.272. The van der Waals surface area contributed by atoms with Crippen LogP contribution in [0, 0.1) is 19.8 Å². The molecule has 2 rings (SSSR count). The summed E-state index contributed by atoms with van der Waals surface area (Å²) in [6.07, 6.45) is 1.65. The van der Waals surface area contributed by atoms with Gasteiger partial charge in [-0.3, -0.25) is 0 Å². The van der Waals surface area contributed by atoms with Gasteiger partial charge in [0.2, 0.25) is 0 Å². The average molecular weight is 234 g/mol. The predicted octanol–water partition coefficient (Wildman–Crippen LogP) is 2.63. The Balaban J connectivity index is 2.14. The molecular formula is C14H18O3. The van der Waals surface area contributed by atoms with Gasteiger partial charge in [0.15, 0.2) is 6.10 Å². The topological polar surface area (TPSA) is 35.5 Å². The molecule has 0 N–H and O–H groups in total. The van der Waals surface area contributed by atoms with E-state index in [-0.39, 0.29) is 5.97 Å². The number of hydrogen-bond acceptors (Lipinski definition) is 3. The Morgan fingerprint density at radius 2 is 1.82 bits per heavy atom. The summed E-state index contributed by atoms with van der Waals surface area (Å²) in [6.45, 7) is 4.04. The summed E-state index contributed by atoms with van der Waals surface area (Å²) in [5.74, 6) is 0.805. The van der Waals surface area contributed by atoms with Crippen molar-refractivity contribution >= 4 is 5.97 Å². The first-order valence-electron chi connectivity index (χ1n) is 5.93. The molecule has 0 heterocycles. The van der Waals surface area contributed by atoms with Crippen molar-refractivity contribution in [3.63, 3.8) is 0 Å². The molecule has 92 valence electrons. The van der Waals surface area contributed by atoms with E-state index in [9.17, 15) is 4.79 Å². The van der Waals surface area contributed by atoms with Crippen LogP contribution < -0.4 is 4.74 Å². The smallest absolute Gasteiger partial charge is 0.347 e. The molecule has 3 nitrogen and oxygen atoms in total. The summed E-state index contributed by atoms with van der Waals surface area (Å²) < 4.78 is 10.6. The van der Waals surface area contributed by atoms with E-state index in [2.05, 4.69) is 6.07 Å². The lowest BCUT2D eigenvalue weighted by atomic mass is 10.1. The molecule has 17 heavy (non-hydrogen) atoms. The van der Waals surface area contributed by atoms with Crippen molar-refractivity contribution in [3.05, 3.63) is 29.3 Å². The van der Waals surface area contributed by atoms with Gasteiger partial charge in [0.1, 0.15) is 5.75 Å². The summed E-state index contributed by atoms with van der Waals surface area (Å²) in [5.41, 5.74) is 2.28. The molecule has 0 amide bonds. The third-order valence-corrected chi connectivity index (χ3v) is 2.94. The SMILES string of the molecule is COC(=O)C(Oc1cc(C)cc(C)c1)C1CC1. The lowest BCUT2D eigenvalue weighted by Gasteiger charge is -2.17. The molecule has 1 aromatic rings. The average Bonchev–Trinajstić information content (AvgIpc) is 3.07. The normalized spacial score (nSPS) is 16.4. The standard InChI is InChI=1S/C14H18O3/c1-9-6-10(2)8-12(7-9)17-13(11-4-5-11)14(15)16-3/h6-8,11,13H,4-5H2,1-3H3. The highest BCUT2D eigenvalue weighted by Gasteiger charge is 2.39. The number of aryl methyl sites for hydroxylation is 2. The van der Waals surface area contributed by atoms with Crippen LogP contribution in [-0.2, 0) is 9.53 Å². The highest BCUT2D eigenvalue weighted by atomic mass is 16.6. The van der Waals surface area contributed by atoms with Crippen LogP contribution in [0.4, 0.5) is 0 Å². The highest BCUT2D eigenvalue weighted by molar-refractivity contribution is 5.75. The maximum atomic E-state index is 11.6. The number of carbonyl (C=O) groups is 1. The van der Waals surface area contributed by atoms with Gasteiger partial charge in [-0.25, -0.2) is 4.79 Å². The van der Waals surface area contributed by atoms with Crippen molar-refractivity contribution < 1.29 is 14.3 Å². The second kappa shape index (κ2) is 4.78. The fourth-order valence-corrected chi connectivity index (χ4v) is 2.00. The van der Waals surface area contributed by atoms with Crippen LogP contribution in [0.25, 0.3) is 0 Å². The highest BCUT2D eigenvalue weighted by Crippen LogP contribution is 2.35. The second-order valence-electron chi connectivity index (χ2n) is 4.72. The van der Waals surface area contributed by atoms with Gasteiger partial charge in [0.25, 0.3) is 0 Å². The Morgan fingerprint density at radius 1 is 1.24 bits per heavy atom. The Morgan fingerprint density at radius 3 is 2.29 bits per heavy atom. The van der Waals surface area contributed by atoms with Crippen molar-refractivity contribution in [2.45, 2.75) is 32.8 Å². The van der Waals surface area contributed by atoms with Crippen molar-refractivity contribution in [2.75, 3.05) is 7.11 Å². The van der Waals surface area contributed by atoms with Crippen molar-refractivity contribution in [1.29, 1.82) is 0 Å². The Kier molecular flexibility index (Phi) is 3.36. The number of methoxy groups -OCH3 is 1. The molecule has 0 saturated heterocycles. The van der Waals surface area contributed by atoms with E-state index in [1.165, 1.54) is 7.11 Å². The van der Waals surface area contributed by atoms with Crippen LogP contribution in [0.15, 0.2) is 18.2 Å². The van der Waals surface area contributed by atoms with Gasteiger partial charge >= 0.3 is 5.97 Å². The Labute approximate surface area is 102 Å². The molecule has 1 aliphatic rings. The van der Waals surface area contributed by atoms with E-state index in [1.54, 1.807) is 0 Å². The zero-order valence-electron chi connectivity index (χ0n) is 10.5. The minimum Gasteiger partial charge on any atom is -0.478 e. The molecule has 0 aromatic heterocycles. The molecule has 0 radical (unpaired) electrons. The van der Waals surface area contributed by atoms with Crippen molar-refractivity contribution in [2.24, 2.45) is 5.92 Å². The third kappa shape index (κ3) is 2.99. The second-order valence-corrected chi connectivity index (χ2v) is 4.72. The molecule has 0 spiro atoms. The van der Waals surface area contributed by atoms with Crippen LogP contribution in [0.1, 0.15) is 24.0 Å². The number of rotatable bonds is 4. The fourth-order valence-electron chi connectivity index (χ4n) is 2.00. The van der Waals surface area contributed by atoms with Crippen LogP contribution in [0.3, 0.4) is 0 Å². The number of ether oxygens (including phenoxy) is 2. The number of hydrogen-bond donors (Lipinski definition) is 0. The number of esters is 1. The molecule has 3 heteroatoms. The number of carbonyl (C=O) groups excluding carboxylic acids is 1. The number of benzene rings is 1. The van der Waals surface area contributed by atoms with E-state index in [0.29, 0.717) is 5.92 Å². The van der Waals surface area contributed by atoms with E-state index in [4.69, 9.17) is 9.47 Å². The van der Waals surface area contributed by atoms with Crippen LogP contribution in [0.2, 0.25) is 0 Å². The molecule has 1 aromatic carbocycles. The van der Waals surface area contributed by atoms with E-state index >= 15 is 0 Å².